The molecule has 0 spiro atoms. The van der Waals surface area contributed by atoms with Crippen LogP contribution in [0.4, 0.5) is 18.9 Å². The Bertz CT molecular complexity index is 2630. The van der Waals surface area contributed by atoms with Crippen LogP contribution in [-0.4, -0.2) is 37.3 Å². The quantitative estimate of drug-likeness (QED) is 0.101. The van der Waals surface area contributed by atoms with Crippen molar-refractivity contribution in [2.24, 2.45) is 0 Å². The van der Waals surface area contributed by atoms with Crippen LogP contribution in [0.5, 0.6) is 0 Å². The standard InChI is InChI=1S/C16H12FNO.C15H10FNO2.C10H7NO.C6H4BrF.Li.H2O/c1-11(19)12-2-7-16-13(10-12)8-9-18(16)15-5-3-14(17)4-6-15;16-12-2-4-13(5-3-12)17-8-7-10-9-11(15(18)19)1-6-14(10)17;1-7(12)8-2-3-10-9(6-8)4-5-11-10;7-5-1-3-6(8)4-2-5;;/h2-10H,1H3;1-9H,(H,18,19);2-4,6H,1H3;1-4H;;1H2/q;;;;+1;. The van der Waals surface area contributed by atoms with Crippen LogP contribution in [0.15, 0.2) is 156 Å². The summed E-state index contributed by atoms with van der Waals surface area (Å²) in [5.41, 5.74) is 7.35. The number of hydrogen-bond acceptors (Lipinski definition) is 5. The molecule has 1 aliphatic rings. The topological polar surface area (TPSA) is 123 Å². The summed E-state index contributed by atoms with van der Waals surface area (Å²) in [6.07, 6.45) is 8.46. The Morgan fingerprint density at radius 1 is 0.583 bits per heavy atom. The first-order valence-corrected chi connectivity index (χ1v) is 18.5. The van der Waals surface area contributed by atoms with Crippen LogP contribution in [-0.2, 0) is 0 Å². The molecule has 3 N–H and O–H groups in total. The Balaban J connectivity index is 0.000000183. The first-order chi connectivity index (χ1) is 27.9. The number of aromatic carboxylic acids is 1. The van der Waals surface area contributed by atoms with E-state index in [-0.39, 0.29) is 58.9 Å². The largest absolute Gasteiger partial charge is 1.00 e. The SMILES string of the molecule is CC(=O)c1ccc2c(c1)C=[C+]N2.CC(=O)c1ccc2c(ccn2-c2ccc(F)cc2)c1.Fc1ccc(Br)cc1.O=C(O)c1ccc2c(ccn2-c2ccc(F)cc2)c1.[Li+].[OH-]. The molecule has 0 atom stereocenters. The minimum Gasteiger partial charge on any atom is -0.870 e. The van der Waals surface area contributed by atoms with Crippen LogP contribution < -0.4 is 24.2 Å². The number of aromatic nitrogens is 2. The number of rotatable bonds is 5. The number of Topliss-reactive ketones (excluding diaryl/α,β-unsaturated/α-hetero) is 2. The number of carbonyl (C=O) groups is 3. The van der Waals surface area contributed by atoms with Gasteiger partial charge < -0.3 is 19.7 Å². The monoisotopic (exact) mass is 864 g/mol. The average molecular weight is 866 g/mol. The van der Waals surface area contributed by atoms with Gasteiger partial charge in [0.1, 0.15) is 29.7 Å². The van der Waals surface area contributed by atoms with Crippen molar-refractivity contribution in [1.82, 2.24) is 9.13 Å². The third kappa shape index (κ3) is 11.6. The molecule has 0 unspecified atom stereocenters. The molecule has 60 heavy (non-hydrogen) atoms. The minimum atomic E-state index is -0.948. The van der Waals surface area contributed by atoms with E-state index in [2.05, 4.69) is 27.4 Å². The molecule has 0 saturated carbocycles. The van der Waals surface area contributed by atoms with Crippen LogP contribution in [0.3, 0.4) is 0 Å². The molecule has 8 aromatic rings. The molecule has 1 aliphatic heterocycles. The molecule has 0 aliphatic carbocycles. The Morgan fingerprint density at radius 3 is 1.45 bits per heavy atom. The molecule has 6 aromatic carbocycles. The summed E-state index contributed by atoms with van der Waals surface area (Å²) in [5.74, 6) is -1.54. The molecule has 2 aromatic heterocycles. The summed E-state index contributed by atoms with van der Waals surface area (Å²) in [6, 6.07) is 38.5. The fourth-order valence-corrected chi connectivity index (χ4v) is 6.19. The van der Waals surface area contributed by atoms with Gasteiger partial charge in [-0.15, -0.1) is 0 Å². The predicted octanol–water partition coefficient (Wildman–Crippen LogP) is 8.94. The third-order valence-electron chi connectivity index (χ3n) is 8.94. The molecule has 296 valence electrons. The van der Waals surface area contributed by atoms with Gasteiger partial charge in [-0.2, -0.15) is 5.32 Å². The molecule has 9 rings (SSSR count). The van der Waals surface area contributed by atoms with Crippen molar-refractivity contribution in [3.05, 3.63) is 202 Å². The van der Waals surface area contributed by atoms with E-state index in [0.29, 0.717) is 5.56 Å². The van der Waals surface area contributed by atoms with Crippen molar-refractivity contribution >= 4 is 67.0 Å². The second kappa shape index (κ2) is 21.0. The molecular formula is C47H35BrF3LiN3O5+. The van der Waals surface area contributed by atoms with Gasteiger partial charge in [-0.25, -0.2) is 18.0 Å². The fourth-order valence-electron chi connectivity index (χ4n) is 5.93. The summed E-state index contributed by atoms with van der Waals surface area (Å²) >= 11 is 3.18. The average Bonchev–Trinajstić information content (AvgIpc) is 3.98. The summed E-state index contributed by atoms with van der Waals surface area (Å²) < 4.78 is 42.7. The van der Waals surface area contributed by atoms with E-state index < -0.39 is 5.97 Å². The van der Waals surface area contributed by atoms with E-state index >= 15 is 0 Å². The van der Waals surface area contributed by atoms with Gasteiger partial charge in [-0.05, 0) is 141 Å². The summed E-state index contributed by atoms with van der Waals surface area (Å²) in [7, 11) is 0. The molecule has 0 fully saturated rings. The van der Waals surface area contributed by atoms with E-state index in [1.165, 1.54) is 36.4 Å². The molecule has 0 radical (unpaired) electrons. The van der Waals surface area contributed by atoms with E-state index in [1.54, 1.807) is 68.4 Å². The zero-order valence-corrected chi connectivity index (χ0v) is 34.1. The number of fused-ring (bicyclic) bond motifs is 3. The first-order valence-electron chi connectivity index (χ1n) is 17.8. The summed E-state index contributed by atoms with van der Waals surface area (Å²) in [4.78, 5) is 33.3. The van der Waals surface area contributed by atoms with Crippen LogP contribution in [0.2, 0.25) is 0 Å². The Labute approximate surface area is 364 Å². The van der Waals surface area contributed by atoms with E-state index in [0.717, 1.165) is 54.5 Å². The van der Waals surface area contributed by atoms with Gasteiger partial charge in [0, 0.05) is 62.3 Å². The number of benzene rings is 6. The van der Waals surface area contributed by atoms with Gasteiger partial charge >= 0.3 is 24.8 Å². The maximum absolute atomic E-state index is 12.9. The smallest absolute Gasteiger partial charge is 0.870 e. The number of carbonyl (C=O) groups excluding carboxylic acids is 2. The summed E-state index contributed by atoms with van der Waals surface area (Å²) in [6.45, 7) is 3.12. The van der Waals surface area contributed by atoms with Gasteiger partial charge in [0.05, 0.1) is 16.6 Å². The Kier molecular flexibility index (Phi) is 16.1. The van der Waals surface area contributed by atoms with E-state index in [4.69, 9.17) is 5.11 Å². The zero-order valence-electron chi connectivity index (χ0n) is 32.5. The first kappa shape index (κ1) is 46.2. The van der Waals surface area contributed by atoms with Gasteiger partial charge in [0.15, 0.2) is 22.8 Å². The summed E-state index contributed by atoms with van der Waals surface area (Å²) in [5, 5.41) is 13.7. The minimum absolute atomic E-state index is 0. The van der Waals surface area contributed by atoms with E-state index in [9.17, 15) is 27.6 Å². The van der Waals surface area contributed by atoms with Crippen molar-refractivity contribution in [2.45, 2.75) is 13.8 Å². The van der Waals surface area contributed by atoms with Gasteiger partial charge in [-0.1, -0.05) is 15.9 Å². The number of carboxylic acids is 1. The van der Waals surface area contributed by atoms with Crippen molar-refractivity contribution in [1.29, 1.82) is 0 Å². The number of nitrogens with one attached hydrogen (secondary N) is 1. The van der Waals surface area contributed by atoms with E-state index in [1.807, 2.05) is 76.1 Å². The fraction of sp³-hybridized carbons (Fsp3) is 0.0426. The van der Waals surface area contributed by atoms with Gasteiger partial charge in [-0.3, -0.25) is 9.59 Å². The molecule has 0 amide bonds. The van der Waals surface area contributed by atoms with Crippen LogP contribution >= 0.6 is 15.9 Å². The third-order valence-corrected chi connectivity index (χ3v) is 9.47. The number of nitrogens with zero attached hydrogens (tertiary/aromatic N) is 2. The maximum Gasteiger partial charge on any atom is 1.00 e. The molecule has 3 heterocycles. The van der Waals surface area contributed by atoms with Crippen molar-refractivity contribution in [3.8, 4) is 11.4 Å². The van der Waals surface area contributed by atoms with Crippen LogP contribution in [0, 0.1) is 23.7 Å². The van der Waals surface area contributed by atoms with Crippen LogP contribution in [0.1, 0.15) is 50.5 Å². The molecule has 0 saturated heterocycles. The molecular weight excluding hydrogens is 830 g/mol. The second-order valence-corrected chi connectivity index (χ2v) is 13.9. The molecule has 0 bridgehead atoms. The second-order valence-electron chi connectivity index (χ2n) is 12.9. The maximum atomic E-state index is 12.9. The number of hydrogen-bond donors (Lipinski definition) is 2. The number of halogens is 4. The van der Waals surface area contributed by atoms with Gasteiger partial charge in [0.2, 0.25) is 0 Å². The van der Waals surface area contributed by atoms with Crippen molar-refractivity contribution in [3.63, 3.8) is 0 Å². The zero-order chi connectivity index (χ0) is 41.3. The Hall–Kier alpha value is -6.51. The molecule has 8 nitrogen and oxygen atoms in total. The number of anilines is 1. The number of carboxylic acid groups (broad SMARTS) is 1. The number of ketones is 2. The predicted molar refractivity (Wildman–Crippen MR) is 227 cm³/mol. The normalized spacial score (nSPS) is 10.4. The Morgan fingerprint density at radius 2 is 1.00 bits per heavy atom. The van der Waals surface area contributed by atoms with Crippen molar-refractivity contribution < 1.29 is 57.0 Å². The van der Waals surface area contributed by atoms with Gasteiger partial charge in [0.25, 0.3) is 0 Å². The van der Waals surface area contributed by atoms with Crippen LogP contribution in [0.25, 0.3) is 39.3 Å². The molecule has 13 heteroatoms. The van der Waals surface area contributed by atoms with Crippen molar-refractivity contribution in [2.75, 3.05) is 5.32 Å².